The van der Waals surface area contributed by atoms with Gasteiger partial charge in [-0.1, -0.05) is 19.3 Å². The molecule has 2 fully saturated rings. The summed E-state index contributed by atoms with van der Waals surface area (Å²) in [6.07, 6.45) is 8.97. The van der Waals surface area contributed by atoms with Gasteiger partial charge in [0.1, 0.15) is 0 Å². The molecule has 0 bridgehead atoms. The lowest BCUT2D eigenvalue weighted by Gasteiger charge is -2.22. The van der Waals surface area contributed by atoms with E-state index in [-0.39, 0.29) is 11.8 Å². The zero-order valence-corrected chi connectivity index (χ0v) is 16.2. The molecule has 0 aromatic rings. The fourth-order valence-electron chi connectivity index (χ4n) is 3.58. The minimum Gasteiger partial charge on any atom is -0.357 e. The Morgan fingerprint density at radius 1 is 1.19 bits per heavy atom. The van der Waals surface area contributed by atoms with E-state index in [0.717, 1.165) is 51.3 Å². The topological polar surface area (TPSA) is 85.8 Å². The maximum atomic E-state index is 12.0. The number of aliphatic imine (C=N–C) groups is 1. The van der Waals surface area contributed by atoms with Gasteiger partial charge in [-0.3, -0.25) is 14.6 Å². The summed E-state index contributed by atoms with van der Waals surface area (Å²) < 4.78 is 0. The fraction of sp³-hybridized carbons (Fsp3) is 0.842. The van der Waals surface area contributed by atoms with Crippen LogP contribution in [0.25, 0.3) is 0 Å². The van der Waals surface area contributed by atoms with E-state index in [0.29, 0.717) is 32.0 Å². The van der Waals surface area contributed by atoms with Crippen molar-refractivity contribution in [2.45, 2.75) is 70.8 Å². The van der Waals surface area contributed by atoms with Crippen LogP contribution in [0, 0.1) is 0 Å². The largest absolute Gasteiger partial charge is 0.357 e. The molecule has 0 aromatic heterocycles. The molecule has 1 heterocycles. The monoisotopic (exact) mass is 365 g/mol. The van der Waals surface area contributed by atoms with Gasteiger partial charge in [-0.2, -0.15) is 0 Å². The molecule has 0 spiro atoms. The molecule has 0 radical (unpaired) electrons. The minimum absolute atomic E-state index is 0.118. The van der Waals surface area contributed by atoms with Crippen LogP contribution in [-0.4, -0.2) is 61.4 Å². The van der Waals surface area contributed by atoms with Crippen LogP contribution in [0.4, 0.5) is 0 Å². The number of carbonyl (C=O) groups is 2. The van der Waals surface area contributed by atoms with Crippen LogP contribution >= 0.6 is 0 Å². The number of guanidine groups is 1. The molecular formula is C19H35N5O2. The molecule has 1 aliphatic carbocycles. The quantitative estimate of drug-likeness (QED) is 0.327. The molecular weight excluding hydrogens is 330 g/mol. The van der Waals surface area contributed by atoms with Gasteiger partial charge in [0.05, 0.1) is 0 Å². The first-order chi connectivity index (χ1) is 12.7. The van der Waals surface area contributed by atoms with Crippen molar-refractivity contribution in [2.75, 3.05) is 32.7 Å². The van der Waals surface area contributed by atoms with E-state index < -0.39 is 0 Å². The SMILES string of the molecule is CCNC(=NCCCN1CCCC1=O)NCCC(=O)NC1CCCCC1. The average molecular weight is 366 g/mol. The van der Waals surface area contributed by atoms with Gasteiger partial charge in [0, 0.05) is 51.6 Å². The van der Waals surface area contributed by atoms with Gasteiger partial charge >= 0.3 is 0 Å². The smallest absolute Gasteiger partial charge is 0.222 e. The normalized spacial score (nSPS) is 18.9. The van der Waals surface area contributed by atoms with Crippen molar-refractivity contribution in [3.63, 3.8) is 0 Å². The Morgan fingerprint density at radius 2 is 2.00 bits per heavy atom. The number of amides is 2. The van der Waals surface area contributed by atoms with Crippen molar-refractivity contribution >= 4 is 17.8 Å². The van der Waals surface area contributed by atoms with Crippen molar-refractivity contribution in [1.29, 1.82) is 0 Å². The fourth-order valence-corrected chi connectivity index (χ4v) is 3.58. The number of carbonyl (C=O) groups excluding carboxylic acids is 2. The number of likely N-dealkylation sites (tertiary alicyclic amines) is 1. The molecule has 1 saturated carbocycles. The number of rotatable bonds is 9. The van der Waals surface area contributed by atoms with Gasteiger partial charge in [-0.15, -0.1) is 0 Å². The van der Waals surface area contributed by atoms with Gasteiger partial charge < -0.3 is 20.9 Å². The van der Waals surface area contributed by atoms with Crippen molar-refractivity contribution in [1.82, 2.24) is 20.9 Å². The Balaban J connectivity index is 1.61. The Morgan fingerprint density at radius 3 is 2.69 bits per heavy atom. The average Bonchev–Trinajstić information content (AvgIpc) is 3.04. The summed E-state index contributed by atoms with van der Waals surface area (Å²) in [6.45, 7) is 5.73. The summed E-state index contributed by atoms with van der Waals surface area (Å²) in [5, 5.41) is 9.56. The lowest BCUT2D eigenvalue weighted by molar-refractivity contribution is -0.127. The molecule has 2 amide bonds. The zero-order chi connectivity index (χ0) is 18.6. The molecule has 1 aliphatic heterocycles. The number of hydrogen-bond acceptors (Lipinski definition) is 3. The Hall–Kier alpha value is -1.79. The predicted octanol–water partition coefficient (Wildman–Crippen LogP) is 1.39. The lowest BCUT2D eigenvalue weighted by Crippen LogP contribution is -2.41. The summed E-state index contributed by atoms with van der Waals surface area (Å²) in [6, 6.07) is 0.367. The third-order valence-corrected chi connectivity index (χ3v) is 4.99. The maximum absolute atomic E-state index is 12.0. The van der Waals surface area contributed by atoms with Crippen molar-refractivity contribution in [3.05, 3.63) is 0 Å². The first-order valence-corrected chi connectivity index (χ1v) is 10.3. The van der Waals surface area contributed by atoms with E-state index >= 15 is 0 Å². The van der Waals surface area contributed by atoms with Gasteiger partial charge in [-0.05, 0) is 32.6 Å². The minimum atomic E-state index is 0.118. The van der Waals surface area contributed by atoms with Crippen molar-refractivity contribution in [3.8, 4) is 0 Å². The van der Waals surface area contributed by atoms with E-state index in [2.05, 4.69) is 20.9 Å². The number of nitrogens with one attached hydrogen (secondary N) is 3. The molecule has 7 nitrogen and oxygen atoms in total. The standard InChI is InChI=1S/C19H35N5O2/c1-2-20-19(21-12-7-15-24-14-6-10-18(24)26)22-13-11-17(25)23-16-8-4-3-5-9-16/h16H,2-15H2,1H3,(H,23,25)(H2,20,21,22). The van der Waals surface area contributed by atoms with Gasteiger partial charge in [0.15, 0.2) is 5.96 Å². The molecule has 0 atom stereocenters. The third-order valence-electron chi connectivity index (χ3n) is 4.99. The van der Waals surface area contributed by atoms with Crippen LogP contribution in [0.3, 0.4) is 0 Å². The third kappa shape index (κ3) is 7.62. The molecule has 148 valence electrons. The Kier molecular flexibility index (Phi) is 9.28. The second-order valence-electron chi connectivity index (χ2n) is 7.18. The number of nitrogens with zero attached hydrogens (tertiary/aromatic N) is 2. The zero-order valence-electron chi connectivity index (χ0n) is 16.2. The molecule has 7 heteroatoms. The Labute approximate surface area is 157 Å². The molecule has 26 heavy (non-hydrogen) atoms. The van der Waals surface area contributed by atoms with E-state index in [4.69, 9.17) is 0 Å². The van der Waals surface area contributed by atoms with Crippen molar-refractivity contribution in [2.24, 2.45) is 4.99 Å². The van der Waals surface area contributed by atoms with E-state index in [1.165, 1.54) is 19.3 Å². The summed E-state index contributed by atoms with van der Waals surface area (Å²) in [4.78, 5) is 30.1. The molecule has 3 N–H and O–H groups in total. The van der Waals surface area contributed by atoms with Crippen LogP contribution in [0.1, 0.15) is 64.7 Å². The lowest BCUT2D eigenvalue weighted by atomic mass is 9.95. The van der Waals surface area contributed by atoms with Crippen LogP contribution in [0.15, 0.2) is 4.99 Å². The second kappa shape index (κ2) is 11.8. The summed E-state index contributed by atoms with van der Waals surface area (Å²) in [7, 11) is 0. The molecule has 2 aliphatic rings. The van der Waals surface area contributed by atoms with Gasteiger partial charge in [-0.25, -0.2) is 0 Å². The first-order valence-electron chi connectivity index (χ1n) is 10.3. The van der Waals surface area contributed by atoms with Crippen LogP contribution in [-0.2, 0) is 9.59 Å². The van der Waals surface area contributed by atoms with Gasteiger partial charge in [0.2, 0.25) is 11.8 Å². The Bertz CT molecular complexity index is 475. The number of hydrogen-bond donors (Lipinski definition) is 3. The highest BCUT2D eigenvalue weighted by Crippen LogP contribution is 2.17. The van der Waals surface area contributed by atoms with Crippen LogP contribution in [0.2, 0.25) is 0 Å². The second-order valence-corrected chi connectivity index (χ2v) is 7.18. The first kappa shape index (κ1) is 20.5. The van der Waals surface area contributed by atoms with E-state index in [9.17, 15) is 9.59 Å². The predicted molar refractivity (Wildman–Crippen MR) is 104 cm³/mol. The van der Waals surface area contributed by atoms with E-state index in [1.54, 1.807) is 0 Å². The summed E-state index contributed by atoms with van der Waals surface area (Å²) in [5.41, 5.74) is 0. The van der Waals surface area contributed by atoms with Crippen LogP contribution in [0.5, 0.6) is 0 Å². The highest BCUT2D eigenvalue weighted by atomic mass is 16.2. The van der Waals surface area contributed by atoms with E-state index in [1.807, 2.05) is 11.8 Å². The highest BCUT2D eigenvalue weighted by molar-refractivity contribution is 5.81. The summed E-state index contributed by atoms with van der Waals surface area (Å²) >= 11 is 0. The maximum Gasteiger partial charge on any atom is 0.222 e. The molecule has 0 aromatic carbocycles. The van der Waals surface area contributed by atoms with Gasteiger partial charge in [0.25, 0.3) is 0 Å². The highest BCUT2D eigenvalue weighted by Gasteiger charge is 2.19. The summed E-state index contributed by atoms with van der Waals surface area (Å²) in [5.74, 6) is 1.13. The van der Waals surface area contributed by atoms with Crippen LogP contribution < -0.4 is 16.0 Å². The molecule has 0 unspecified atom stereocenters. The molecule has 1 saturated heterocycles. The molecule has 2 rings (SSSR count). The van der Waals surface area contributed by atoms with Crippen molar-refractivity contribution < 1.29 is 9.59 Å².